The fourth-order valence-electron chi connectivity index (χ4n) is 3.18. The van der Waals surface area contributed by atoms with Gasteiger partial charge in [0.1, 0.15) is 5.75 Å². The number of nitrogens with one attached hydrogen (secondary N) is 1. The summed E-state index contributed by atoms with van der Waals surface area (Å²) in [7, 11) is 0. The summed E-state index contributed by atoms with van der Waals surface area (Å²) in [4.78, 5) is 30.0. The first-order valence-corrected chi connectivity index (χ1v) is 8.96. The van der Waals surface area contributed by atoms with E-state index in [4.69, 9.17) is 4.74 Å². The van der Waals surface area contributed by atoms with Crippen LogP contribution in [0.25, 0.3) is 5.65 Å². The van der Waals surface area contributed by atoms with E-state index in [0.29, 0.717) is 17.1 Å². The van der Waals surface area contributed by atoms with Gasteiger partial charge in [-0.3, -0.25) is 10.1 Å². The first-order valence-electron chi connectivity index (χ1n) is 8.96. The van der Waals surface area contributed by atoms with Crippen LogP contribution in [0.3, 0.4) is 0 Å². The first-order chi connectivity index (χ1) is 13.6. The zero-order valence-electron chi connectivity index (χ0n) is 15.0. The Hall–Kier alpha value is -3.62. The smallest absolute Gasteiger partial charge is 0.338 e. The minimum Gasteiger partial charge on any atom is -0.484 e. The lowest BCUT2D eigenvalue weighted by Gasteiger charge is -2.19. The second-order valence-corrected chi connectivity index (χ2v) is 6.46. The van der Waals surface area contributed by atoms with Crippen LogP contribution in [-0.2, 0) is 4.79 Å². The van der Waals surface area contributed by atoms with Crippen molar-refractivity contribution in [2.45, 2.75) is 12.8 Å². The van der Waals surface area contributed by atoms with Crippen LogP contribution in [0.5, 0.6) is 5.75 Å². The maximum absolute atomic E-state index is 12.1. The summed E-state index contributed by atoms with van der Waals surface area (Å²) in [5.41, 5.74) is 1.12. The van der Waals surface area contributed by atoms with E-state index in [0.717, 1.165) is 25.9 Å². The average Bonchev–Trinajstić information content (AvgIpc) is 3.35. The summed E-state index contributed by atoms with van der Waals surface area (Å²) in [5, 5.41) is 16.4. The number of para-hydroxylation sites is 1. The van der Waals surface area contributed by atoms with Gasteiger partial charge in [-0.2, -0.15) is 4.98 Å². The minimum atomic E-state index is -1.02. The molecule has 0 atom stereocenters. The van der Waals surface area contributed by atoms with Gasteiger partial charge in [0.15, 0.2) is 12.3 Å². The van der Waals surface area contributed by atoms with Crippen molar-refractivity contribution in [1.82, 2.24) is 14.6 Å². The van der Waals surface area contributed by atoms with Gasteiger partial charge in [0.05, 0.1) is 17.4 Å². The maximum Gasteiger partial charge on any atom is 0.338 e. The quantitative estimate of drug-likeness (QED) is 0.672. The molecule has 1 aliphatic heterocycles. The van der Waals surface area contributed by atoms with Gasteiger partial charge in [-0.1, -0.05) is 18.2 Å². The molecule has 0 unspecified atom stereocenters. The largest absolute Gasteiger partial charge is 0.484 e. The number of carboxylic acids is 1. The highest BCUT2D eigenvalue weighted by atomic mass is 16.5. The number of anilines is 2. The Morgan fingerprint density at radius 1 is 1.18 bits per heavy atom. The van der Waals surface area contributed by atoms with Crippen molar-refractivity contribution < 1.29 is 19.4 Å². The number of ether oxygens (including phenoxy) is 1. The molecule has 1 amide bonds. The van der Waals surface area contributed by atoms with Gasteiger partial charge in [0, 0.05) is 13.1 Å². The molecule has 1 fully saturated rings. The molecular formula is C19H19N5O4. The predicted octanol–water partition coefficient (Wildman–Crippen LogP) is 2.05. The number of carbonyl (C=O) groups is 2. The zero-order chi connectivity index (χ0) is 19.5. The van der Waals surface area contributed by atoms with E-state index in [1.165, 1.54) is 10.6 Å². The Morgan fingerprint density at radius 3 is 2.64 bits per heavy atom. The molecule has 0 aliphatic carbocycles. The molecule has 1 saturated heterocycles. The van der Waals surface area contributed by atoms with Crippen molar-refractivity contribution in [3.05, 3.63) is 48.2 Å². The number of carbonyl (C=O) groups excluding carboxylic acids is 1. The predicted molar refractivity (Wildman–Crippen MR) is 102 cm³/mol. The highest BCUT2D eigenvalue weighted by molar-refractivity contribution is 5.96. The highest BCUT2D eigenvalue weighted by Gasteiger charge is 2.21. The third-order valence-corrected chi connectivity index (χ3v) is 4.49. The molecule has 0 radical (unpaired) electrons. The lowest BCUT2D eigenvalue weighted by atomic mass is 10.2. The van der Waals surface area contributed by atoms with Crippen LogP contribution in [0.15, 0.2) is 42.6 Å². The molecule has 3 aromatic rings. The van der Waals surface area contributed by atoms with Gasteiger partial charge in [0.2, 0.25) is 5.95 Å². The fraction of sp³-hybridized carbons (Fsp3) is 0.263. The van der Waals surface area contributed by atoms with Crippen LogP contribution in [0.1, 0.15) is 23.2 Å². The molecule has 2 aromatic heterocycles. The second-order valence-electron chi connectivity index (χ2n) is 6.46. The van der Waals surface area contributed by atoms with E-state index in [2.05, 4.69) is 15.4 Å². The molecule has 3 heterocycles. The molecule has 28 heavy (non-hydrogen) atoms. The number of amides is 1. The van der Waals surface area contributed by atoms with Crippen molar-refractivity contribution in [1.29, 1.82) is 0 Å². The second kappa shape index (κ2) is 7.55. The molecule has 0 bridgehead atoms. The first kappa shape index (κ1) is 17.8. The Morgan fingerprint density at radius 2 is 1.93 bits per heavy atom. The number of carboxylic acid groups (broad SMARTS) is 1. The van der Waals surface area contributed by atoms with Crippen LogP contribution >= 0.6 is 0 Å². The van der Waals surface area contributed by atoms with Gasteiger partial charge in [0.25, 0.3) is 5.91 Å². The number of fused-ring (bicyclic) bond motifs is 1. The van der Waals surface area contributed by atoms with Crippen molar-refractivity contribution in [3.63, 3.8) is 0 Å². The summed E-state index contributed by atoms with van der Waals surface area (Å²) < 4.78 is 6.87. The van der Waals surface area contributed by atoms with Gasteiger partial charge >= 0.3 is 5.97 Å². The SMILES string of the molecule is O=C(COc1ccccc1)Nc1nc2cc(C(=O)O)c(N3CCCC3)cn2n1. The van der Waals surface area contributed by atoms with Gasteiger partial charge < -0.3 is 14.7 Å². The lowest BCUT2D eigenvalue weighted by Crippen LogP contribution is -2.21. The Kier molecular flexibility index (Phi) is 4.79. The summed E-state index contributed by atoms with van der Waals surface area (Å²) in [5.74, 6) is -0.745. The van der Waals surface area contributed by atoms with E-state index in [9.17, 15) is 14.7 Å². The number of benzene rings is 1. The lowest BCUT2D eigenvalue weighted by molar-refractivity contribution is -0.118. The van der Waals surface area contributed by atoms with Gasteiger partial charge in [-0.05, 0) is 31.0 Å². The van der Waals surface area contributed by atoms with Crippen molar-refractivity contribution in [3.8, 4) is 5.75 Å². The number of nitrogens with zero attached hydrogens (tertiary/aromatic N) is 4. The fourth-order valence-corrected chi connectivity index (χ4v) is 3.18. The maximum atomic E-state index is 12.1. The molecular weight excluding hydrogens is 362 g/mol. The van der Waals surface area contributed by atoms with E-state index < -0.39 is 11.9 Å². The highest BCUT2D eigenvalue weighted by Crippen LogP contribution is 2.26. The summed E-state index contributed by atoms with van der Waals surface area (Å²) in [6, 6.07) is 10.5. The number of aromatic nitrogens is 3. The zero-order valence-corrected chi connectivity index (χ0v) is 15.0. The summed E-state index contributed by atoms with van der Waals surface area (Å²) in [6.45, 7) is 1.43. The van der Waals surface area contributed by atoms with Crippen LogP contribution in [0.2, 0.25) is 0 Å². The molecule has 0 spiro atoms. The van der Waals surface area contributed by atoms with E-state index in [-0.39, 0.29) is 18.1 Å². The van der Waals surface area contributed by atoms with Gasteiger partial charge in [-0.15, -0.1) is 5.10 Å². The number of aromatic carboxylic acids is 1. The number of hydrogen-bond acceptors (Lipinski definition) is 6. The standard InChI is InChI=1S/C19H19N5O4/c25-17(12-28-13-6-2-1-3-7-13)21-19-20-16-10-14(18(26)27)15(11-24(16)22-19)23-8-4-5-9-23/h1-3,6-7,10-11H,4-5,8-9,12H2,(H,26,27)(H,21,22,25). The molecule has 1 aromatic carbocycles. The van der Waals surface area contributed by atoms with E-state index >= 15 is 0 Å². The normalized spacial score (nSPS) is 13.6. The van der Waals surface area contributed by atoms with Crippen molar-refractivity contribution >= 4 is 29.2 Å². The molecule has 9 nitrogen and oxygen atoms in total. The number of pyridine rings is 1. The Balaban J connectivity index is 1.52. The van der Waals surface area contributed by atoms with Crippen molar-refractivity contribution in [2.24, 2.45) is 0 Å². The van der Waals surface area contributed by atoms with Crippen LogP contribution < -0.4 is 15.0 Å². The number of rotatable bonds is 6. The molecule has 144 valence electrons. The molecule has 4 rings (SSSR count). The monoisotopic (exact) mass is 381 g/mol. The minimum absolute atomic E-state index is 0.0940. The van der Waals surface area contributed by atoms with Crippen LogP contribution in [0.4, 0.5) is 11.6 Å². The van der Waals surface area contributed by atoms with E-state index in [1.54, 1.807) is 18.3 Å². The van der Waals surface area contributed by atoms with Crippen molar-refractivity contribution in [2.75, 3.05) is 29.9 Å². The summed E-state index contributed by atoms with van der Waals surface area (Å²) in [6.07, 6.45) is 3.70. The topological polar surface area (TPSA) is 109 Å². The van der Waals surface area contributed by atoms with E-state index in [1.807, 2.05) is 23.1 Å². The third kappa shape index (κ3) is 3.73. The molecule has 9 heteroatoms. The summed E-state index contributed by atoms with van der Waals surface area (Å²) >= 11 is 0. The number of hydrogen-bond donors (Lipinski definition) is 2. The molecule has 0 saturated carbocycles. The Labute approximate surface area is 160 Å². The van der Waals surface area contributed by atoms with Crippen LogP contribution in [0, 0.1) is 0 Å². The molecule has 2 N–H and O–H groups in total. The van der Waals surface area contributed by atoms with Gasteiger partial charge in [-0.25, -0.2) is 9.31 Å². The molecule has 1 aliphatic rings. The van der Waals surface area contributed by atoms with Crippen LogP contribution in [-0.4, -0.2) is 51.3 Å². The Bertz CT molecular complexity index is 1010. The third-order valence-electron chi connectivity index (χ3n) is 4.49. The average molecular weight is 381 g/mol.